The van der Waals surface area contributed by atoms with Crippen LogP contribution in [-0.4, -0.2) is 45.4 Å². The summed E-state index contributed by atoms with van der Waals surface area (Å²) in [5, 5.41) is 13.6. The lowest BCUT2D eigenvalue weighted by Gasteiger charge is -2.30. The first-order chi connectivity index (χ1) is 11.1. The van der Waals surface area contributed by atoms with Gasteiger partial charge < -0.3 is 10.0 Å². The third-order valence-electron chi connectivity index (χ3n) is 4.34. The maximum Gasteiger partial charge on any atom is 0.274 e. The molecule has 0 saturated carbocycles. The fraction of sp³-hybridized carbons (Fsp3) is 0.412. The van der Waals surface area contributed by atoms with Crippen LogP contribution >= 0.6 is 0 Å². The molecule has 1 N–H and O–H groups in total. The lowest BCUT2D eigenvalue weighted by molar-refractivity contribution is 0.0644. The largest absolute Gasteiger partial charge is 0.396 e. The van der Waals surface area contributed by atoms with Crippen LogP contribution in [0.2, 0.25) is 0 Å². The molecule has 0 unspecified atom stereocenters. The lowest BCUT2D eigenvalue weighted by atomic mass is 9.98. The molecule has 23 heavy (non-hydrogen) atoms. The van der Waals surface area contributed by atoms with E-state index in [1.807, 2.05) is 6.92 Å². The summed E-state index contributed by atoms with van der Waals surface area (Å²) >= 11 is 0. The topological polar surface area (TPSA) is 58.4 Å². The molecule has 0 atom stereocenters. The van der Waals surface area contributed by atoms with Crippen molar-refractivity contribution in [3.05, 3.63) is 47.5 Å². The first-order valence-corrected chi connectivity index (χ1v) is 7.81. The van der Waals surface area contributed by atoms with Crippen LogP contribution in [0.4, 0.5) is 4.39 Å². The predicted octanol–water partition coefficient (Wildman–Crippen LogP) is 2.16. The molecular weight excluding hydrogens is 297 g/mol. The lowest BCUT2D eigenvalue weighted by Crippen LogP contribution is -2.39. The first kappa shape index (κ1) is 15.7. The van der Waals surface area contributed by atoms with E-state index < -0.39 is 0 Å². The minimum atomic E-state index is -0.304. The molecule has 1 amide bonds. The minimum Gasteiger partial charge on any atom is -0.396 e. The van der Waals surface area contributed by atoms with Crippen LogP contribution in [0.1, 0.15) is 29.0 Å². The smallest absolute Gasteiger partial charge is 0.274 e. The van der Waals surface area contributed by atoms with Crippen molar-refractivity contribution in [2.45, 2.75) is 19.8 Å². The van der Waals surface area contributed by atoms with Gasteiger partial charge in [0.05, 0.1) is 5.69 Å². The predicted molar refractivity (Wildman–Crippen MR) is 84.0 cm³/mol. The number of amides is 1. The third kappa shape index (κ3) is 3.27. The van der Waals surface area contributed by atoms with Crippen LogP contribution in [0, 0.1) is 18.7 Å². The van der Waals surface area contributed by atoms with E-state index in [4.69, 9.17) is 0 Å². The highest BCUT2D eigenvalue weighted by molar-refractivity contribution is 5.92. The Balaban J connectivity index is 1.78. The molecule has 0 bridgehead atoms. The Labute approximate surface area is 134 Å². The summed E-state index contributed by atoms with van der Waals surface area (Å²) in [5.41, 5.74) is 1.95. The number of hydrogen-bond acceptors (Lipinski definition) is 3. The monoisotopic (exact) mass is 317 g/mol. The van der Waals surface area contributed by atoms with Crippen molar-refractivity contribution >= 4 is 5.91 Å². The van der Waals surface area contributed by atoms with Crippen LogP contribution in [0.3, 0.4) is 0 Å². The Morgan fingerprint density at radius 3 is 2.57 bits per heavy atom. The second-order valence-corrected chi connectivity index (χ2v) is 5.98. The van der Waals surface area contributed by atoms with E-state index in [1.165, 1.54) is 12.1 Å². The number of nitrogens with zero attached hydrogens (tertiary/aromatic N) is 3. The van der Waals surface area contributed by atoms with Crippen LogP contribution < -0.4 is 0 Å². The molecular formula is C17H20FN3O2. The number of aliphatic hydroxyl groups is 1. The Morgan fingerprint density at radius 2 is 1.96 bits per heavy atom. The molecule has 0 aliphatic carbocycles. The van der Waals surface area contributed by atoms with E-state index in [0.717, 1.165) is 24.2 Å². The van der Waals surface area contributed by atoms with Crippen molar-refractivity contribution in [1.82, 2.24) is 14.7 Å². The molecule has 1 aromatic heterocycles. The van der Waals surface area contributed by atoms with E-state index in [-0.39, 0.29) is 24.2 Å². The number of halogens is 1. The summed E-state index contributed by atoms with van der Waals surface area (Å²) in [6.07, 6.45) is 1.64. The molecule has 1 aliphatic heterocycles. The number of hydrogen-bond donors (Lipinski definition) is 1. The summed E-state index contributed by atoms with van der Waals surface area (Å²) in [7, 11) is 0. The van der Waals surface area contributed by atoms with Crippen molar-refractivity contribution in [3.63, 3.8) is 0 Å². The van der Waals surface area contributed by atoms with Crippen molar-refractivity contribution in [2.75, 3.05) is 19.7 Å². The van der Waals surface area contributed by atoms with Gasteiger partial charge in [0.1, 0.15) is 5.82 Å². The normalized spacial score (nSPS) is 15.9. The van der Waals surface area contributed by atoms with Gasteiger partial charge in [-0.2, -0.15) is 5.10 Å². The van der Waals surface area contributed by atoms with E-state index in [0.29, 0.717) is 18.8 Å². The summed E-state index contributed by atoms with van der Waals surface area (Å²) in [6.45, 7) is 3.34. The van der Waals surface area contributed by atoms with E-state index in [2.05, 4.69) is 5.10 Å². The van der Waals surface area contributed by atoms with Crippen molar-refractivity contribution in [3.8, 4) is 5.69 Å². The zero-order valence-corrected chi connectivity index (χ0v) is 13.1. The number of carbonyl (C=O) groups is 1. The number of aryl methyl sites for hydroxylation is 1. The highest BCUT2D eigenvalue weighted by atomic mass is 19.1. The number of piperidine rings is 1. The zero-order valence-electron chi connectivity index (χ0n) is 13.1. The van der Waals surface area contributed by atoms with Gasteiger partial charge in [-0.25, -0.2) is 9.07 Å². The Bertz CT molecular complexity index is 688. The van der Waals surface area contributed by atoms with E-state index in [1.54, 1.807) is 27.8 Å². The number of benzene rings is 1. The molecule has 2 heterocycles. The van der Waals surface area contributed by atoms with Crippen LogP contribution in [-0.2, 0) is 0 Å². The van der Waals surface area contributed by atoms with Gasteiger partial charge in [0.25, 0.3) is 5.91 Å². The van der Waals surface area contributed by atoms with Gasteiger partial charge in [0.15, 0.2) is 5.69 Å². The summed E-state index contributed by atoms with van der Waals surface area (Å²) in [4.78, 5) is 14.4. The van der Waals surface area contributed by atoms with Gasteiger partial charge in [-0.15, -0.1) is 0 Å². The highest BCUT2D eigenvalue weighted by Gasteiger charge is 2.25. The third-order valence-corrected chi connectivity index (χ3v) is 4.34. The fourth-order valence-corrected chi connectivity index (χ4v) is 2.90. The zero-order chi connectivity index (χ0) is 16.4. The molecule has 1 saturated heterocycles. The SMILES string of the molecule is Cc1cc(C(=O)N2CCC(CO)CC2)nn1-c1ccc(F)cc1. The maximum absolute atomic E-state index is 13.0. The standard InChI is InChI=1S/C17H20FN3O2/c1-12-10-16(17(23)20-8-6-13(11-22)7-9-20)19-21(12)15-4-2-14(18)3-5-15/h2-5,10,13,22H,6-9,11H2,1H3. The van der Waals surface area contributed by atoms with Gasteiger partial charge in [0, 0.05) is 25.4 Å². The first-order valence-electron chi connectivity index (χ1n) is 7.81. The van der Waals surface area contributed by atoms with Gasteiger partial charge in [0.2, 0.25) is 0 Å². The van der Waals surface area contributed by atoms with Gasteiger partial charge in [-0.3, -0.25) is 4.79 Å². The molecule has 2 aromatic rings. The quantitative estimate of drug-likeness (QED) is 0.944. The average Bonchev–Trinajstić information content (AvgIpc) is 2.97. The number of aliphatic hydroxyl groups excluding tert-OH is 1. The van der Waals surface area contributed by atoms with Crippen LogP contribution in [0.5, 0.6) is 0 Å². The van der Waals surface area contributed by atoms with Crippen molar-refractivity contribution in [1.29, 1.82) is 0 Å². The van der Waals surface area contributed by atoms with E-state index in [9.17, 15) is 14.3 Å². The Hall–Kier alpha value is -2.21. The van der Waals surface area contributed by atoms with Gasteiger partial charge in [-0.1, -0.05) is 0 Å². The molecule has 0 spiro atoms. The summed E-state index contributed by atoms with van der Waals surface area (Å²) < 4.78 is 14.7. The highest BCUT2D eigenvalue weighted by Crippen LogP contribution is 2.19. The van der Waals surface area contributed by atoms with Crippen LogP contribution in [0.25, 0.3) is 5.69 Å². The average molecular weight is 317 g/mol. The van der Waals surface area contributed by atoms with Gasteiger partial charge >= 0.3 is 0 Å². The minimum absolute atomic E-state index is 0.0923. The summed E-state index contributed by atoms with van der Waals surface area (Å²) in [5.74, 6) is -0.107. The second kappa shape index (κ2) is 6.50. The number of likely N-dealkylation sites (tertiary alicyclic amines) is 1. The Kier molecular flexibility index (Phi) is 4.43. The van der Waals surface area contributed by atoms with Crippen molar-refractivity contribution in [2.24, 2.45) is 5.92 Å². The molecule has 1 aliphatic rings. The van der Waals surface area contributed by atoms with E-state index >= 15 is 0 Å². The fourth-order valence-electron chi connectivity index (χ4n) is 2.90. The maximum atomic E-state index is 13.0. The Morgan fingerprint density at radius 1 is 1.30 bits per heavy atom. The molecule has 6 heteroatoms. The van der Waals surface area contributed by atoms with Gasteiger partial charge in [-0.05, 0) is 56.0 Å². The summed E-state index contributed by atoms with van der Waals surface area (Å²) in [6, 6.07) is 7.77. The molecule has 122 valence electrons. The molecule has 3 rings (SSSR count). The van der Waals surface area contributed by atoms with Crippen LogP contribution in [0.15, 0.2) is 30.3 Å². The number of carbonyl (C=O) groups excluding carboxylic acids is 1. The number of aromatic nitrogens is 2. The number of rotatable bonds is 3. The molecule has 1 fully saturated rings. The molecule has 1 aromatic carbocycles. The molecule has 5 nitrogen and oxygen atoms in total. The van der Waals surface area contributed by atoms with Crippen molar-refractivity contribution < 1.29 is 14.3 Å². The molecule has 0 radical (unpaired) electrons. The second-order valence-electron chi connectivity index (χ2n) is 5.98.